The minimum atomic E-state index is -0.792. The molecule has 32 heavy (non-hydrogen) atoms. The Morgan fingerprint density at radius 1 is 1.19 bits per heavy atom. The van der Waals surface area contributed by atoms with E-state index >= 15 is 0 Å². The molecule has 0 radical (unpaired) electrons. The molecule has 1 amide bonds. The van der Waals surface area contributed by atoms with Crippen molar-refractivity contribution in [2.45, 2.75) is 45.4 Å². The van der Waals surface area contributed by atoms with Crippen LogP contribution in [0.5, 0.6) is 5.75 Å². The molecule has 0 aromatic heterocycles. The summed E-state index contributed by atoms with van der Waals surface area (Å²) >= 11 is 0. The molecule has 4 N–H and O–H groups in total. The fraction of sp³-hybridized carbons (Fsp3) is 0.333. The number of hydrogen-bond acceptors (Lipinski definition) is 5. The van der Waals surface area contributed by atoms with Crippen LogP contribution in [0.2, 0.25) is 0 Å². The molecule has 2 unspecified atom stereocenters. The van der Waals surface area contributed by atoms with Gasteiger partial charge in [0.2, 0.25) is 5.84 Å². The van der Waals surface area contributed by atoms with E-state index in [2.05, 4.69) is 20.8 Å². The van der Waals surface area contributed by atoms with Crippen LogP contribution < -0.4 is 10.7 Å². The molecule has 2 atom stereocenters. The number of anilines is 1. The maximum absolute atomic E-state index is 12.3. The summed E-state index contributed by atoms with van der Waals surface area (Å²) in [5, 5.41) is 26.9. The van der Waals surface area contributed by atoms with E-state index in [4.69, 9.17) is 0 Å². The smallest absolute Gasteiger partial charge is 0.306 e. The minimum absolute atomic E-state index is 0.0182. The van der Waals surface area contributed by atoms with Gasteiger partial charge in [0.25, 0.3) is 5.91 Å². The van der Waals surface area contributed by atoms with Crippen molar-refractivity contribution < 1.29 is 19.8 Å². The SMILES string of the molecule is Cc1ccc(C2=NC(=NNc3cccc(C4CCCC(C(=O)O)C4)c3O)C(=O)N2)cc1C. The third kappa shape index (κ3) is 4.34. The van der Waals surface area contributed by atoms with E-state index in [0.717, 1.165) is 29.5 Å². The van der Waals surface area contributed by atoms with Crippen molar-refractivity contribution in [1.82, 2.24) is 5.32 Å². The highest BCUT2D eigenvalue weighted by atomic mass is 16.4. The van der Waals surface area contributed by atoms with Gasteiger partial charge in [-0.2, -0.15) is 0 Å². The summed E-state index contributed by atoms with van der Waals surface area (Å²) in [5.41, 5.74) is 6.82. The Balaban J connectivity index is 1.54. The highest BCUT2D eigenvalue weighted by molar-refractivity contribution is 6.47. The first-order valence-corrected chi connectivity index (χ1v) is 10.7. The van der Waals surface area contributed by atoms with Crippen molar-refractivity contribution in [1.29, 1.82) is 0 Å². The summed E-state index contributed by atoms with van der Waals surface area (Å²) in [6.45, 7) is 4.01. The zero-order chi connectivity index (χ0) is 22.8. The number of phenolic OH excluding ortho intramolecular Hbond substituents is 1. The van der Waals surface area contributed by atoms with Crippen molar-refractivity contribution in [3.05, 3.63) is 58.7 Å². The zero-order valence-electron chi connectivity index (χ0n) is 18.1. The van der Waals surface area contributed by atoms with Crippen molar-refractivity contribution in [2.75, 3.05) is 5.43 Å². The van der Waals surface area contributed by atoms with Gasteiger partial charge in [-0.3, -0.25) is 15.0 Å². The Hall–Kier alpha value is -3.68. The number of nitrogens with zero attached hydrogens (tertiary/aromatic N) is 2. The number of para-hydroxylation sites is 1. The monoisotopic (exact) mass is 434 g/mol. The number of phenols is 1. The number of carbonyl (C=O) groups excluding carboxylic acids is 1. The quantitative estimate of drug-likeness (QED) is 0.422. The summed E-state index contributed by atoms with van der Waals surface area (Å²) < 4.78 is 0. The van der Waals surface area contributed by atoms with E-state index in [1.807, 2.05) is 32.0 Å². The molecular formula is C24H26N4O4. The maximum atomic E-state index is 12.3. The number of amidine groups is 2. The molecular weight excluding hydrogens is 408 g/mol. The maximum Gasteiger partial charge on any atom is 0.306 e. The van der Waals surface area contributed by atoms with Crippen LogP contribution >= 0.6 is 0 Å². The van der Waals surface area contributed by atoms with Gasteiger partial charge in [0.05, 0.1) is 11.6 Å². The Morgan fingerprint density at radius 2 is 2.00 bits per heavy atom. The number of carboxylic acids is 1. The van der Waals surface area contributed by atoms with E-state index in [-0.39, 0.29) is 17.5 Å². The lowest BCUT2D eigenvalue weighted by Gasteiger charge is -2.27. The molecule has 2 aromatic rings. The summed E-state index contributed by atoms with van der Waals surface area (Å²) in [6, 6.07) is 11.1. The fourth-order valence-electron chi connectivity index (χ4n) is 4.24. The van der Waals surface area contributed by atoms with Gasteiger partial charge in [-0.15, -0.1) is 5.10 Å². The Kier molecular flexibility index (Phi) is 5.94. The van der Waals surface area contributed by atoms with E-state index < -0.39 is 17.8 Å². The van der Waals surface area contributed by atoms with Gasteiger partial charge in [0, 0.05) is 5.56 Å². The lowest BCUT2D eigenvalue weighted by molar-refractivity contribution is -0.143. The highest BCUT2D eigenvalue weighted by Gasteiger charge is 2.30. The van der Waals surface area contributed by atoms with Gasteiger partial charge < -0.3 is 15.5 Å². The molecule has 1 aliphatic carbocycles. The number of aryl methyl sites for hydroxylation is 2. The molecule has 1 aliphatic heterocycles. The van der Waals surface area contributed by atoms with Gasteiger partial charge in [-0.25, -0.2) is 4.99 Å². The average Bonchev–Trinajstić information content (AvgIpc) is 3.15. The number of carbonyl (C=O) groups is 2. The molecule has 1 heterocycles. The van der Waals surface area contributed by atoms with Gasteiger partial charge in [-0.1, -0.05) is 30.7 Å². The summed E-state index contributed by atoms with van der Waals surface area (Å²) in [4.78, 5) is 28.0. The van der Waals surface area contributed by atoms with Gasteiger partial charge in [0.1, 0.15) is 11.6 Å². The molecule has 1 saturated carbocycles. The van der Waals surface area contributed by atoms with Crippen LogP contribution in [0.25, 0.3) is 0 Å². The molecule has 0 spiro atoms. The third-order valence-electron chi connectivity index (χ3n) is 6.25. The minimum Gasteiger partial charge on any atom is -0.505 e. The second-order valence-electron chi connectivity index (χ2n) is 8.40. The number of hydrogen-bond donors (Lipinski definition) is 4. The van der Waals surface area contributed by atoms with Crippen molar-refractivity contribution in [3.63, 3.8) is 0 Å². The van der Waals surface area contributed by atoms with Crippen molar-refractivity contribution in [3.8, 4) is 5.75 Å². The number of hydrazone groups is 1. The topological polar surface area (TPSA) is 123 Å². The second-order valence-corrected chi connectivity index (χ2v) is 8.40. The Bertz CT molecular complexity index is 1140. The van der Waals surface area contributed by atoms with Crippen molar-refractivity contribution >= 4 is 29.2 Å². The van der Waals surface area contributed by atoms with Gasteiger partial charge in [-0.05, 0) is 67.9 Å². The van der Waals surface area contributed by atoms with E-state index in [9.17, 15) is 19.8 Å². The van der Waals surface area contributed by atoms with E-state index in [1.165, 1.54) is 0 Å². The molecule has 166 valence electrons. The van der Waals surface area contributed by atoms with Crippen LogP contribution in [-0.4, -0.2) is 33.8 Å². The predicted octanol–water partition coefficient (Wildman–Crippen LogP) is 3.67. The Labute approximate surface area is 186 Å². The van der Waals surface area contributed by atoms with Crippen LogP contribution in [0.15, 0.2) is 46.5 Å². The fourth-order valence-corrected chi connectivity index (χ4v) is 4.24. The molecule has 1 fully saturated rings. The number of benzene rings is 2. The lowest BCUT2D eigenvalue weighted by atomic mass is 9.77. The van der Waals surface area contributed by atoms with Crippen LogP contribution in [0.4, 0.5) is 5.69 Å². The standard InChI is InChI=1S/C24H26N4O4/c1-13-9-10-16(11-14(13)2)21-25-22(23(30)26-21)28-27-19-8-4-7-18(20(19)29)15-5-3-6-17(12-15)24(31)32/h4,7-11,15,17,27,29H,3,5-6,12H2,1-2H3,(H,31,32)(H,25,26,28,30). The first-order valence-electron chi connectivity index (χ1n) is 10.7. The number of aromatic hydroxyl groups is 1. The lowest BCUT2D eigenvalue weighted by Crippen LogP contribution is -2.27. The normalized spacial score (nSPS) is 21.9. The van der Waals surface area contributed by atoms with Crippen LogP contribution in [0.3, 0.4) is 0 Å². The molecule has 8 heteroatoms. The van der Waals surface area contributed by atoms with Crippen LogP contribution in [0, 0.1) is 19.8 Å². The number of amides is 1. The third-order valence-corrected chi connectivity index (χ3v) is 6.25. The van der Waals surface area contributed by atoms with Gasteiger partial charge >= 0.3 is 5.97 Å². The van der Waals surface area contributed by atoms with Crippen molar-refractivity contribution in [2.24, 2.45) is 16.0 Å². The molecule has 0 bridgehead atoms. The highest BCUT2D eigenvalue weighted by Crippen LogP contribution is 2.42. The molecule has 2 aromatic carbocycles. The summed E-state index contributed by atoms with van der Waals surface area (Å²) in [5.74, 6) is -1.25. The molecule has 0 saturated heterocycles. The predicted molar refractivity (Wildman–Crippen MR) is 122 cm³/mol. The number of rotatable bonds is 5. The molecule has 2 aliphatic rings. The van der Waals surface area contributed by atoms with E-state index in [0.29, 0.717) is 29.9 Å². The largest absolute Gasteiger partial charge is 0.505 e. The summed E-state index contributed by atoms with van der Waals surface area (Å²) in [7, 11) is 0. The first-order chi connectivity index (χ1) is 15.3. The molecule has 8 nitrogen and oxygen atoms in total. The summed E-state index contributed by atoms with van der Waals surface area (Å²) in [6.07, 6.45) is 2.78. The zero-order valence-corrected chi connectivity index (χ0v) is 18.1. The number of carboxylic acid groups (broad SMARTS) is 1. The second kappa shape index (κ2) is 8.82. The average molecular weight is 434 g/mol. The first kappa shape index (κ1) is 21.5. The number of nitrogens with one attached hydrogen (secondary N) is 2. The van der Waals surface area contributed by atoms with Gasteiger partial charge in [0.15, 0.2) is 0 Å². The molecule has 4 rings (SSSR count). The number of aliphatic carboxylic acids is 1. The van der Waals surface area contributed by atoms with E-state index in [1.54, 1.807) is 18.2 Å². The van der Waals surface area contributed by atoms with Crippen LogP contribution in [-0.2, 0) is 9.59 Å². The van der Waals surface area contributed by atoms with Crippen LogP contribution in [0.1, 0.15) is 53.9 Å². The number of aliphatic imine (C=N–C) groups is 1. The Morgan fingerprint density at radius 3 is 2.75 bits per heavy atom.